The molecule has 0 saturated heterocycles. The molecule has 0 atom stereocenters. The van der Waals surface area contributed by atoms with Crippen molar-refractivity contribution in [2.45, 2.75) is 101 Å². The van der Waals surface area contributed by atoms with Crippen molar-refractivity contribution in [2.75, 3.05) is 9.80 Å². The van der Waals surface area contributed by atoms with Gasteiger partial charge < -0.3 is 9.80 Å². The lowest BCUT2D eigenvalue weighted by atomic mass is 9.48. The molecule has 2 heteroatoms. The second-order valence-electron chi connectivity index (χ2n) is 21.3. The van der Waals surface area contributed by atoms with E-state index in [1.165, 1.54) is 119 Å². The van der Waals surface area contributed by atoms with Crippen LogP contribution in [-0.4, -0.2) is 0 Å². The Morgan fingerprint density at radius 3 is 1.33 bits per heavy atom. The Hall–Kier alpha value is -5.86. The Labute approximate surface area is 382 Å². The molecule has 0 N–H and O–H groups in total. The van der Waals surface area contributed by atoms with Gasteiger partial charge >= 0.3 is 0 Å². The van der Waals surface area contributed by atoms with E-state index in [1.807, 2.05) is 0 Å². The normalized spacial score (nSPS) is 26.0. The van der Waals surface area contributed by atoms with Crippen LogP contribution in [0, 0.1) is 23.7 Å². The molecule has 64 heavy (non-hydrogen) atoms. The van der Waals surface area contributed by atoms with Gasteiger partial charge in [0.15, 0.2) is 0 Å². The molecule has 0 amide bonds. The number of hydrogen-bond acceptors (Lipinski definition) is 2. The molecule has 5 fully saturated rings. The van der Waals surface area contributed by atoms with Crippen LogP contribution in [0.1, 0.15) is 113 Å². The van der Waals surface area contributed by atoms with Crippen LogP contribution in [0.4, 0.5) is 34.1 Å². The first-order chi connectivity index (χ1) is 31.3. The summed E-state index contributed by atoms with van der Waals surface area (Å²) in [6.45, 7) is 7.19. The number of nitrogens with zero attached hydrogens (tertiary/aromatic N) is 2. The Balaban J connectivity index is 0.877. The minimum Gasteiger partial charge on any atom is -0.311 e. The smallest absolute Gasteiger partial charge is 0.0465 e. The lowest BCUT2D eigenvalue weighted by molar-refractivity contribution is -0.00518. The number of benzene rings is 7. The van der Waals surface area contributed by atoms with Crippen LogP contribution >= 0.6 is 0 Å². The van der Waals surface area contributed by atoms with Gasteiger partial charge in [0.1, 0.15) is 0 Å². The summed E-state index contributed by atoms with van der Waals surface area (Å²) in [5.74, 6) is 3.59. The predicted molar refractivity (Wildman–Crippen MR) is 268 cm³/mol. The average Bonchev–Trinajstić information content (AvgIpc) is 3.56. The van der Waals surface area contributed by atoms with Crippen LogP contribution in [0.5, 0.6) is 0 Å². The molecule has 0 heterocycles. The third-order valence-corrected chi connectivity index (χ3v) is 17.1. The summed E-state index contributed by atoms with van der Waals surface area (Å²) < 4.78 is 0. The van der Waals surface area contributed by atoms with E-state index in [9.17, 15) is 0 Å². The summed E-state index contributed by atoms with van der Waals surface area (Å²) in [5.41, 5.74) is 17.5. The topological polar surface area (TPSA) is 6.48 Å². The molecule has 0 radical (unpaired) electrons. The molecule has 0 unspecified atom stereocenters. The van der Waals surface area contributed by atoms with E-state index in [0.29, 0.717) is 5.41 Å². The first kappa shape index (κ1) is 39.7. The summed E-state index contributed by atoms with van der Waals surface area (Å²) in [4.78, 5) is 4.91. The number of anilines is 6. The van der Waals surface area contributed by atoms with Gasteiger partial charge in [-0.1, -0.05) is 124 Å². The first-order valence-electron chi connectivity index (χ1n) is 24.5. The van der Waals surface area contributed by atoms with Crippen molar-refractivity contribution >= 4 is 34.1 Å². The van der Waals surface area contributed by atoms with Crippen LogP contribution in [-0.2, 0) is 16.2 Å². The molecule has 2 nitrogen and oxygen atoms in total. The minimum absolute atomic E-state index is 0.0401. The Kier molecular flexibility index (Phi) is 9.55. The second kappa shape index (κ2) is 15.4. The van der Waals surface area contributed by atoms with E-state index in [-0.39, 0.29) is 10.8 Å². The van der Waals surface area contributed by atoms with Gasteiger partial charge in [0, 0.05) is 45.0 Å². The monoisotopic (exact) mass is 834 g/mol. The Morgan fingerprint density at radius 2 is 0.812 bits per heavy atom. The SMILES string of the molecule is CC1CCC(c2ccc(N(c3ccccc3)c3ccc(C45CC6CC(CC(C6)C4)C5)cc3)cc2)(c2ccc(N(c3ccccc3)c3ccc4c(c3)C(C)(C)c3ccccc3-4)cc2)CC1. The van der Waals surface area contributed by atoms with E-state index in [1.54, 1.807) is 5.56 Å². The molecule has 4 bridgehead atoms. The van der Waals surface area contributed by atoms with Gasteiger partial charge in [0.2, 0.25) is 0 Å². The van der Waals surface area contributed by atoms with E-state index in [4.69, 9.17) is 0 Å². The fourth-order valence-electron chi connectivity index (χ4n) is 14.2. The third kappa shape index (κ3) is 6.57. The standard InChI is InChI=1S/C62H62N2/c1-43-32-34-62(35-33-43,49-22-28-54(29-23-49)64(51-14-8-5-9-15-51)55-30-31-57-56-16-10-11-17-58(56)60(2,3)59(57)39-55)48-20-26-53(27-21-48)63(50-12-6-4-7-13-50)52-24-18-47(19-25-52)61-40-44-36-45(41-61)38-46(37-44)42-61/h4-31,39,43-46H,32-38,40-42H2,1-3H3. The maximum atomic E-state index is 2.50. The first-order valence-corrected chi connectivity index (χ1v) is 24.5. The summed E-state index contributed by atoms with van der Waals surface area (Å²) in [7, 11) is 0. The quantitative estimate of drug-likeness (QED) is 0.143. The highest BCUT2D eigenvalue weighted by Gasteiger charge is 2.51. The highest BCUT2D eigenvalue weighted by Crippen LogP contribution is 2.61. The van der Waals surface area contributed by atoms with Crippen LogP contribution in [0.2, 0.25) is 0 Å². The summed E-state index contributed by atoms with van der Waals surface area (Å²) >= 11 is 0. The highest BCUT2D eigenvalue weighted by molar-refractivity contribution is 5.85. The summed E-state index contributed by atoms with van der Waals surface area (Å²) in [6, 6.07) is 67.1. The second-order valence-corrected chi connectivity index (χ2v) is 21.3. The molecule has 5 saturated carbocycles. The van der Waals surface area contributed by atoms with Crippen molar-refractivity contribution in [1.82, 2.24) is 0 Å². The molecule has 13 rings (SSSR count). The summed E-state index contributed by atoms with van der Waals surface area (Å²) in [5, 5.41) is 0. The number of rotatable bonds is 9. The molecule has 0 aromatic heterocycles. The molecule has 320 valence electrons. The van der Waals surface area contributed by atoms with Crippen molar-refractivity contribution in [1.29, 1.82) is 0 Å². The lowest BCUT2D eigenvalue weighted by Gasteiger charge is -2.57. The molecule has 6 aliphatic rings. The number of fused-ring (bicyclic) bond motifs is 3. The maximum Gasteiger partial charge on any atom is 0.0465 e. The largest absolute Gasteiger partial charge is 0.311 e. The molecule has 0 spiro atoms. The van der Waals surface area contributed by atoms with Crippen molar-refractivity contribution in [3.63, 3.8) is 0 Å². The maximum absolute atomic E-state index is 2.50. The Bertz CT molecular complexity index is 2740. The third-order valence-electron chi connectivity index (χ3n) is 17.1. The van der Waals surface area contributed by atoms with Crippen LogP contribution in [0.15, 0.2) is 176 Å². The van der Waals surface area contributed by atoms with Gasteiger partial charge in [-0.15, -0.1) is 0 Å². The van der Waals surface area contributed by atoms with Gasteiger partial charge in [-0.3, -0.25) is 0 Å². The Morgan fingerprint density at radius 1 is 0.406 bits per heavy atom. The van der Waals surface area contributed by atoms with Crippen molar-refractivity contribution in [3.8, 4) is 11.1 Å². The predicted octanol–water partition coefficient (Wildman–Crippen LogP) is 16.9. The van der Waals surface area contributed by atoms with Crippen LogP contribution < -0.4 is 9.80 Å². The zero-order valence-corrected chi connectivity index (χ0v) is 38.0. The van der Waals surface area contributed by atoms with Gasteiger partial charge in [-0.25, -0.2) is 0 Å². The zero-order valence-electron chi connectivity index (χ0n) is 38.0. The van der Waals surface area contributed by atoms with E-state index >= 15 is 0 Å². The highest BCUT2D eigenvalue weighted by atomic mass is 15.1. The van der Waals surface area contributed by atoms with Gasteiger partial charge in [-0.05, 0) is 205 Å². The van der Waals surface area contributed by atoms with Gasteiger partial charge in [0.05, 0.1) is 0 Å². The lowest BCUT2D eigenvalue weighted by Crippen LogP contribution is -2.48. The van der Waals surface area contributed by atoms with Crippen molar-refractivity contribution < 1.29 is 0 Å². The number of para-hydroxylation sites is 2. The van der Waals surface area contributed by atoms with E-state index in [2.05, 4.69) is 206 Å². The van der Waals surface area contributed by atoms with Crippen LogP contribution in [0.3, 0.4) is 0 Å². The van der Waals surface area contributed by atoms with Crippen LogP contribution in [0.25, 0.3) is 11.1 Å². The van der Waals surface area contributed by atoms with Crippen molar-refractivity contribution in [3.05, 3.63) is 204 Å². The molecule has 6 aliphatic carbocycles. The van der Waals surface area contributed by atoms with Gasteiger partial charge in [-0.2, -0.15) is 0 Å². The molecular formula is C62H62N2. The fraction of sp³-hybridized carbons (Fsp3) is 0.323. The average molecular weight is 835 g/mol. The van der Waals surface area contributed by atoms with Crippen molar-refractivity contribution in [2.24, 2.45) is 23.7 Å². The number of hydrogen-bond donors (Lipinski definition) is 0. The van der Waals surface area contributed by atoms with Gasteiger partial charge in [0.25, 0.3) is 0 Å². The summed E-state index contributed by atoms with van der Waals surface area (Å²) in [6.07, 6.45) is 13.4. The molecule has 7 aromatic carbocycles. The van der Waals surface area contributed by atoms with E-state index in [0.717, 1.165) is 36.5 Å². The molecular weight excluding hydrogens is 773 g/mol. The zero-order chi connectivity index (χ0) is 43.0. The molecule has 7 aromatic rings. The van der Waals surface area contributed by atoms with E-state index < -0.39 is 0 Å². The fourth-order valence-corrected chi connectivity index (χ4v) is 14.2. The minimum atomic E-state index is -0.0648. The molecule has 0 aliphatic heterocycles.